The molecule has 0 aromatic rings. The number of aliphatic hydroxyl groups is 1. The van der Waals surface area contributed by atoms with Crippen LogP contribution in [-0.4, -0.2) is 80.5 Å². The van der Waals surface area contributed by atoms with E-state index in [2.05, 4.69) is 5.32 Å². The van der Waals surface area contributed by atoms with E-state index in [1.54, 1.807) is 0 Å². The molecule has 1 rings (SSSR count). The van der Waals surface area contributed by atoms with E-state index >= 15 is 0 Å². The van der Waals surface area contributed by atoms with Gasteiger partial charge in [-0.1, -0.05) is 37.9 Å². The number of carbonyl (C=O) groups is 4. The number of hydrogen-bond donors (Lipinski definition) is 4. The van der Waals surface area contributed by atoms with Gasteiger partial charge in [0, 0.05) is 26.1 Å². The van der Waals surface area contributed by atoms with Gasteiger partial charge in [-0.3, -0.25) is 24.1 Å². The van der Waals surface area contributed by atoms with Crippen LogP contribution in [0.5, 0.6) is 0 Å². The van der Waals surface area contributed by atoms with E-state index in [1.807, 2.05) is 0 Å². The van der Waals surface area contributed by atoms with Crippen LogP contribution in [0.1, 0.15) is 57.8 Å². The van der Waals surface area contributed by atoms with Crippen LogP contribution in [0, 0.1) is 0 Å². The zero-order chi connectivity index (χ0) is 23.4. The van der Waals surface area contributed by atoms with E-state index in [1.165, 1.54) is 11.9 Å². The molecule has 0 radical (unpaired) electrons. The molecular weight excluding hydrogens is 426 g/mol. The van der Waals surface area contributed by atoms with Crippen molar-refractivity contribution < 1.29 is 34.5 Å². The highest BCUT2D eigenvalue weighted by Crippen LogP contribution is 2.24. The smallest absolute Gasteiger partial charge is 0.322 e. The minimum Gasteiger partial charge on any atom is -0.494 e. The second kappa shape index (κ2) is 13.6. The standard InChI is InChI=1S/C20H31N3O7S/c1-22(11-7-3-6-10-15(25)26)19(29)17(18(31)21-12-16(27)28)20(30)23(13-24)14-8-4-2-5-9-14/h13-14,29H,2-12H2,1H3,(H,21,31)(H,25,26)(H,27,28)/b19-17+. The zero-order valence-corrected chi connectivity index (χ0v) is 18.5. The molecule has 0 aromatic heterocycles. The maximum Gasteiger partial charge on any atom is 0.322 e. The fourth-order valence-electron chi connectivity index (χ4n) is 3.43. The monoisotopic (exact) mass is 457 g/mol. The average Bonchev–Trinajstić information content (AvgIpc) is 2.73. The maximum absolute atomic E-state index is 13.2. The molecule has 174 valence electrons. The van der Waals surface area contributed by atoms with Gasteiger partial charge in [0.2, 0.25) is 12.3 Å². The Morgan fingerprint density at radius 3 is 2.23 bits per heavy atom. The first-order valence-corrected chi connectivity index (χ1v) is 10.7. The van der Waals surface area contributed by atoms with Gasteiger partial charge in [-0.15, -0.1) is 0 Å². The number of amides is 2. The molecule has 4 N–H and O–H groups in total. The molecule has 0 aliphatic heterocycles. The molecule has 1 saturated carbocycles. The van der Waals surface area contributed by atoms with Gasteiger partial charge in [-0.05, 0) is 25.7 Å². The molecule has 0 aromatic carbocycles. The summed E-state index contributed by atoms with van der Waals surface area (Å²) in [5, 5.41) is 30.7. The second-order valence-corrected chi connectivity index (χ2v) is 7.92. The van der Waals surface area contributed by atoms with Crippen molar-refractivity contribution in [2.24, 2.45) is 0 Å². The van der Waals surface area contributed by atoms with Gasteiger partial charge in [0.1, 0.15) is 17.1 Å². The van der Waals surface area contributed by atoms with Gasteiger partial charge in [-0.2, -0.15) is 0 Å². The molecule has 0 heterocycles. The SMILES string of the molecule is CN(CCCCCC(=O)O)/C(O)=C(\C(=O)N(C=O)C1CCCCC1)C(=S)NCC(=O)O. The van der Waals surface area contributed by atoms with Crippen LogP contribution in [0.2, 0.25) is 0 Å². The van der Waals surface area contributed by atoms with E-state index in [-0.39, 0.29) is 23.0 Å². The van der Waals surface area contributed by atoms with Crippen molar-refractivity contribution in [3.05, 3.63) is 11.5 Å². The molecule has 2 amide bonds. The molecular formula is C20H31N3O7S. The van der Waals surface area contributed by atoms with Gasteiger partial charge >= 0.3 is 11.9 Å². The Morgan fingerprint density at radius 2 is 1.68 bits per heavy atom. The number of carboxylic acid groups (broad SMARTS) is 2. The maximum atomic E-state index is 13.2. The number of unbranched alkanes of at least 4 members (excludes halogenated alkanes) is 2. The molecule has 0 saturated heterocycles. The second-order valence-electron chi connectivity index (χ2n) is 7.51. The van der Waals surface area contributed by atoms with Crippen LogP contribution < -0.4 is 5.32 Å². The van der Waals surface area contributed by atoms with Crippen LogP contribution in [0.15, 0.2) is 11.5 Å². The molecule has 10 nitrogen and oxygen atoms in total. The molecule has 1 aliphatic rings. The number of imide groups is 1. The lowest BCUT2D eigenvalue weighted by molar-refractivity contribution is -0.139. The van der Waals surface area contributed by atoms with Crippen molar-refractivity contribution in [2.75, 3.05) is 20.1 Å². The highest BCUT2D eigenvalue weighted by molar-refractivity contribution is 7.80. The van der Waals surface area contributed by atoms with Gasteiger partial charge in [0.15, 0.2) is 0 Å². The van der Waals surface area contributed by atoms with E-state index in [0.29, 0.717) is 45.1 Å². The van der Waals surface area contributed by atoms with Crippen LogP contribution in [-0.2, 0) is 19.2 Å². The lowest BCUT2D eigenvalue weighted by Gasteiger charge is -2.31. The average molecular weight is 458 g/mol. The minimum atomic E-state index is -1.19. The molecule has 1 aliphatic carbocycles. The molecule has 0 atom stereocenters. The number of carboxylic acids is 2. The predicted octanol–water partition coefficient (Wildman–Crippen LogP) is 1.65. The van der Waals surface area contributed by atoms with Gasteiger partial charge < -0.3 is 25.5 Å². The Hall–Kier alpha value is -2.69. The van der Waals surface area contributed by atoms with E-state index in [0.717, 1.165) is 24.2 Å². The Morgan fingerprint density at radius 1 is 1.03 bits per heavy atom. The normalized spacial score (nSPS) is 14.9. The lowest BCUT2D eigenvalue weighted by atomic mass is 9.94. The molecule has 31 heavy (non-hydrogen) atoms. The van der Waals surface area contributed by atoms with Crippen molar-refractivity contribution in [1.82, 2.24) is 15.1 Å². The molecule has 0 spiro atoms. The Labute approximate surface area is 186 Å². The molecule has 0 unspecified atom stereocenters. The topological polar surface area (TPSA) is 147 Å². The van der Waals surface area contributed by atoms with E-state index in [4.69, 9.17) is 22.4 Å². The van der Waals surface area contributed by atoms with E-state index < -0.39 is 30.3 Å². The van der Waals surface area contributed by atoms with Crippen molar-refractivity contribution in [1.29, 1.82) is 0 Å². The number of nitrogens with zero attached hydrogens (tertiary/aromatic N) is 2. The van der Waals surface area contributed by atoms with Crippen LogP contribution in [0.25, 0.3) is 0 Å². The quantitative estimate of drug-likeness (QED) is 0.106. The van der Waals surface area contributed by atoms with Gasteiger partial charge in [-0.25, -0.2) is 0 Å². The predicted molar refractivity (Wildman–Crippen MR) is 116 cm³/mol. The summed E-state index contributed by atoms with van der Waals surface area (Å²) in [5.41, 5.74) is -0.332. The van der Waals surface area contributed by atoms with Crippen molar-refractivity contribution >= 4 is 41.5 Å². The van der Waals surface area contributed by atoms with Gasteiger partial charge in [0.25, 0.3) is 5.91 Å². The number of aliphatic hydroxyl groups excluding tert-OH is 1. The first-order chi connectivity index (χ1) is 14.7. The largest absolute Gasteiger partial charge is 0.494 e. The van der Waals surface area contributed by atoms with Crippen molar-refractivity contribution in [2.45, 2.75) is 63.8 Å². The summed E-state index contributed by atoms with van der Waals surface area (Å²) in [5.74, 6) is -3.32. The highest BCUT2D eigenvalue weighted by Gasteiger charge is 2.32. The number of nitrogens with one attached hydrogen (secondary N) is 1. The first-order valence-electron chi connectivity index (χ1n) is 10.3. The summed E-state index contributed by atoms with van der Waals surface area (Å²) in [6.45, 7) is -0.236. The summed E-state index contributed by atoms with van der Waals surface area (Å²) in [6, 6.07) is -0.301. The molecule has 11 heteroatoms. The summed E-state index contributed by atoms with van der Waals surface area (Å²) in [6.07, 6.45) is 6.23. The van der Waals surface area contributed by atoms with Crippen LogP contribution in [0.3, 0.4) is 0 Å². The fourth-order valence-corrected chi connectivity index (χ4v) is 3.68. The minimum absolute atomic E-state index is 0.0498. The lowest BCUT2D eigenvalue weighted by Crippen LogP contribution is -2.45. The number of aliphatic carboxylic acids is 2. The number of rotatable bonds is 13. The van der Waals surface area contributed by atoms with Crippen molar-refractivity contribution in [3.8, 4) is 0 Å². The van der Waals surface area contributed by atoms with Crippen LogP contribution >= 0.6 is 12.2 Å². The summed E-state index contributed by atoms with van der Waals surface area (Å²) >= 11 is 5.17. The van der Waals surface area contributed by atoms with Crippen LogP contribution in [0.4, 0.5) is 0 Å². The Bertz CT molecular complexity index is 705. The zero-order valence-electron chi connectivity index (χ0n) is 17.7. The number of carbonyl (C=O) groups excluding carboxylic acids is 2. The van der Waals surface area contributed by atoms with Crippen molar-refractivity contribution in [3.63, 3.8) is 0 Å². The number of hydrogen-bond acceptors (Lipinski definition) is 7. The summed E-state index contributed by atoms with van der Waals surface area (Å²) < 4.78 is 0. The Kier molecular flexibility index (Phi) is 11.5. The number of thiocarbonyl (C=S) groups is 1. The molecule has 0 bridgehead atoms. The highest BCUT2D eigenvalue weighted by atomic mass is 32.1. The fraction of sp³-hybridized carbons (Fsp3) is 0.650. The summed E-state index contributed by atoms with van der Waals surface area (Å²) in [4.78, 5) is 48.5. The third kappa shape index (κ3) is 8.91. The van der Waals surface area contributed by atoms with Gasteiger partial charge in [0.05, 0.1) is 0 Å². The Balaban J connectivity index is 3.02. The third-order valence-corrected chi connectivity index (χ3v) is 5.48. The first kappa shape index (κ1) is 26.3. The van der Waals surface area contributed by atoms with E-state index in [9.17, 15) is 24.3 Å². The third-order valence-electron chi connectivity index (χ3n) is 5.13. The summed E-state index contributed by atoms with van der Waals surface area (Å²) in [7, 11) is 1.53. The molecule has 1 fully saturated rings.